The van der Waals surface area contributed by atoms with E-state index in [4.69, 9.17) is 9.84 Å². The molecular weight excluding hydrogens is 252 g/mol. The highest BCUT2D eigenvalue weighted by Crippen LogP contribution is 2.35. The van der Waals surface area contributed by atoms with Crippen LogP contribution in [0.5, 0.6) is 0 Å². The van der Waals surface area contributed by atoms with Crippen molar-refractivity contribution in [2.75, 3.05) is 6.61 Å². The maximum Gasteiger partial charge on any atom is 0.253 e. The Kier molecular flexibility index (Phi) is 3.40. The normalized spacial score (nSPS) is 39.3. The van der Waals surface area contributed by atoms with Gasteiger partial charge >= 0.3 is 0 Å². The molecule has 0 aromatic rings. The predicted molar refractivity (Wildman–Crippen MR) is 65.3 cm³/mol. The molecule has 0 aliphatic carbocycles. The third-order valence-corrected chi connectivity index (χ3v) is 3.45. The molecule has 0 bridgehead atoms. The van der Waals surface area contributed by atoms with Crippen molar-refractivity contribution >= 4 is 5.91 Å². The number of aliphatic hydroxyl groups excluding tert-OH is 2. The Morgan fingerprint density at radius 1 is 1.63 bits per heavy atom. The number of nitrogens with one attached hydrogen (secondary N) is 1. The number of hydrogen-bond donors (Lipinski definition) is 4. The smallest absolute Gasteiger partial charge is 0.253 e. The van der Waals surface area contributed by atoms with E-state index in [0.29, 0.717) is 5.57 Å². The van der Waals surface area contributed by atoms with Crippen LogP contribution >= 0.6 is 0 Å². The van der Waals surface area contributed by atoms with Crippen LogP contribution in [0.4, 0.5) is 0 Å². The van der Waals surface area contributed by atoms with E-state index in [-0.39, 0.29) is 11.7 Å². The van der Waals surface area contributed by atoms with Crippen LogP contribution in [-0.2, 0) is 9.53 Å². The van der Waals surface area contributed by atoms with E-state index < -0.39 is 30.6 Å². The number of nitrogens with zero attached hydrogens (tertiary/aromatic N) is 1. The lowest BCUT2D eigenvalue weighted by atomic mass is 9.96. The highest BCUT2D eigenvalue weighted by molar-refractivity contribution is 5.94. The molecule has 1 saturated heterocycles. The van der Waals surface area contributed by atoms with Gasteiger partial charge in [-0.2, -0.15) is 0 Å². The van der Waals surface area contributed by atoms with Crippen LogP contribution in [0.2, 0.25) is 0 Å². The summed E-state index contributed by atoms with van der Waals surface area (Å²) < 4.78 is 5.45. The van der Waals surface area contributed by atoms with Gasteiger partial charge in [0, 0.05) is 11.8 Å². The van der Waals surface area contributed by atoms with Crippen LogP contribution in [0.3, 0.4) is 0 Å². The molecule has 0 spiro atoms. The summed E-state index contributed by atoms with van der Waals surface area (Å²) >= 11 is 0. The van der Waals surface area contributed by atoms with Crippen LogP contribution in [0.1, 0.15) is 13.8 Å². The van der Waals surface area contributed by atoms with Crippen molar-refractivity contribution < 1.29 is 24.9 Å². The Morgan fingerprint density at radius 3 is 2.79 bits per heavy atom. The largest absolute Gasteiger partial charge is 0.394 e. The quantitative estimate of drug-likeness (QED) is 0.493. The second-order valence-electron chi connectivity index (χ2n) is 5.00. The third-order valence-electron chi connectivity index (χ3n) is 3.45. The minimum Gasteiger partial charge on any atom is -0.394 e. The second kappa shape index (κ2) is 4.61. The zero-order valence-corrected chi connectivity index (χ0v) is 10.8. The van der Waals surface area contributed by atoms with E-state index in [2.05, 4.69) is 11.9 Å². The fourth-order valence-electron chi connectivity index (χ4n) is 2.24. The molecule has 19 heavy (non-hydrogen) atoms. The molecule has 4 unspecified atom stereocenters. The van der Waals surface area contributed by atoms with Crippen LogP contribution in [-0.4, -0.2) is 56.8 Å². The Morgan fingerprint density at radius 2 is 2.26 bits per heavy atom. The molecular formula is C12H18N2O5. The summed E-state index contributed by atoms with van der Waals surface area (Å²) in [4.78, 5) is 12.9. The van der Waals surface area contributed by atoms with E-state index >= 15 is 0 Å². The number of aliphatic hydroxyl groups is 3. The molecule has 2 heterocycles. The maximum absolute atomic E-state index is 11.5. The molecule has 7 nitrogen and oxygen atoms in total. The highest BCUT2D eigenvalue weighted by atomic mass is 16.6. The molecule has 1 amide bonds. The van der Waals surface area contributed by atoms with Crippen molar-refractivity contribution in [1.82, 2.24) is 10.2 Å². The highest BCUT2D eigenvalue weighted by Gasteiger charge is 2.54. The van der Waals surface area contributed by atoms with Crippen molar-refractivity contribution in [3.05, 3.63) is 24.2 Å². The average molecular weight is 270 g/mol. The van der Waals surface area contributed by atoms with Crippen molar-refractivity contribution in [1.29, 1.82) is 0 Å². The van der Waals surface area contributed by atoms with Crippen LogP contribution < -0.4 is 5.32 Å². The lowest BCUT2D eigenvalue weighted by Crippen LogP contribution is -2.54. The number of carbonyl (C=O) groups is 1. The lowest BCUT2D eigenvalue weighted by Gasteiger charge is -2.38. The standard InChI is InChI=1S/C12H18N2O5/c1-6-4-14(7(2)13-10(6)17)11-12(3,18)9(16)8(5-15)19-11/h4,8-9,11,15-16,18H,2,5H2,1,3H3,(H,13,17). The van der Waals surface area contributed by atoms with Gasteiger partial charge in [0.1, 0.15) is 23.6 Å². The molecule has 0 aromatic heterocycles. The SMILES string of the molecule is C=C1NC(=O)C(C)=CN1C1OC(CO)C(O)C1(C)O. The number of amides is 1. The van der Waals surface area contributed by atoms with Crippen molar-refractivity contribution in [2.24, 2.45) is 0 Å². The zero-order chi connectivity index (χ0) is 14.4. The van der Waals surface area contributed by atoms with E-state index in [1.165, 1.54) is 18.0 Å². The molecule has 2 rings (SSSR count). The van der Waals surface area contributed by atoms with E-state index in [9.17, 15) is 15.0 Å². The summed E-state index contributed by atoms with van der Waals surface area (Å²) in [5, 5.41) is 31.9. The molecule has 0 aromatic carbocycles. The molecule has 0 radical (unpaired) electrons. The van der Waals surface area contributed by atoms with Gasteiger partial charge in [0.25, 0.3) is 5.91 Å². The zero-order valence-electron chi connectivity index (χ0n) is 10.8. The first kappa shape index (κ1) is 14.0. The third kappa shape index (κ3) is 2.14. The van der Waals surface area contributed by atoms with Gasteiger partial charge in [0.05, 0.1) is 6.61 Å². The van der Waals surface area contributed by atoms with Gasteiger partial charge < -0.3 is 30.3 Å². The van der Waals surface area contributed by atoms with E-state index in [1.807, 2.05) is 0 Å². The van der Waals surface area contributed by atoms with Crippen molar-refractivity contribution in [2.45, 2.75) is 37.9 Å². The minimum atomic E-state index is -1.60. The summed E-state index contributed by atoms with van der Waals surface area (Å²) in [5.41, 5.74) is -1.18. The van der Waals surface area contributed by atoms with Crippen molar-refractivity contribution in [3.63, 3.8) is 0 Å². The summed E-state index contributed by atoms with van der Waals surface area (Å²) in [7, 11) is 0. The number of hydrogen-bond acceptors (Lipinski definition) is 6. The fraction of sp³-hybridized carbons (Fsp3) is 0.583. The number of rotatable bonds is 2. The van der Waals surface area contributed by atoms with Crippen LogP contribution in [0.15, 0.2) is 24.2 Å². The summed E-state index contributed by atoms with van der Waals surface area (Å²) in [6, 6.07) is 0. The summed E-state index contributed by atoms with van der Waals surface area (Å²) in [6.45, 7) is 6.28. The van der Waals surface area contributed by atoms with Gasteiger partial charge in [-0.3, -0.25) is 4.79 Å². The van der Waals surface area contributed by atoms with Gasteiger partial charge in [-0.15, -0.1) is 0 Å². The maximum atomic E-state index is 11.5. The summed E-state index contributed by atoms with van der Waals surface area (Å²) in [5.74, 6) is -0.0372. The van der Waals surface area contributed by atoms with Crippen molar-refractivity contribution in [3.8, 4) is 0 Å². The fourth-order valence-corrected chi connectivity index (χ4v) is 2.24. The van der Waals surface area contributed by atoms with Gasteiger partial charge in [0.15, 0.2) is 6.23 Å². The molecule has 0 saturated carbocycles. The summed E-state index contributed by atoms with van der Waals surface area (Å²) in [6.07, 6.45) is -1.57. The molecule has 1 fully saturated rings. The lowest BCUT2D eigenvalue weighted by molar-refractivity contribution is -0.125. The Bertz CT molecular complexity index is 445. The molecule has 2 aliphatic heterocycles. The molecule has 106 valence electrons. The first-order valence-electron chi connectivity index (χ1n) is 5.92. The Labute approximate surface area is 110 Å². The number of carbonyl (C=O) groups excluding carboxylic acids is 1. The molecule has 7 heteroatoms. The van der Waals surface area contributed by atoms with Crippen LogP contribution in [0, 0.1) is 0 Å². The monoisotopic (exact) mass is 270 g/mol. The molecule has 4 atom stereocenters. The topological polar surface area (TPSA) is 102 Å². The Hall–Kier alpha value is -1.41. The molecule has 2 aliphatic rings. The van der Waals surface area contributed by atoms with Gasteiger partial charge in [0.2, 0.25) is 0 Å². The second-order valence-corrected chi connectivity index (χ2v) is 5.00. The van der Waals surface area contributed by atoms with Crippen LogP contribution in [0.25, 0.3) is 0 Å². The first-order chi connectivity index (χ1) is 8.78. The average Bonchev–Trinajstić information content (AvgIpc) is 2.56. The Balaban J connectivity index is 2.32. The minimum absolute atomic E-state index is 0.242. The van der Waals surface area contributed by atoms with Gasteiger partial charge in [-0.1, -0.05) is 6.58 Å². The van der Waals surface area contributed by atoms with E-state index in [0.717, 1.165) is 0 Å². The van der Waals surface area contributed by atoms with Gasteiger partial charge in [-0.05, 0) is 13.8 Å². The number of ether oxygens (including phenoxy) is 1. The predicted octanol–water partition coefficient (Wildman–Crippen LogP) is -1.38. The van der Waals surface area contributed by atoms with Gasteiger partial charge in [-0.25, -0.2) is 0 Å². The first-order valence-corrected chi connectivity index (χ1v) is 5.92. The molecule has 4 N–H and O–H groups in total. The van der Waals surface area contributed by atoms with E-state index in [1.54, 1.807) is 6.92 Å².